The van der Waals surface area contributed by atoms with Crippen LogP contribution in [0, 0.1) is 11.7 Å². The second-order valence-electron chi connectivity index (χ2n) is 7.54. The summed E-state index contributed by atoms with van der Waals surface area (Å²) in [4.78, 5) is 26.5. The van der Waals surface area contributed by atoms with Crippen molar-refractivity contribution >= 4 is 17.6 Å². The summed E-state index contributed by atoms with van der Waals surface area (Å²) in [5.74, 6) is 1.05. The average Bonchev–Trinajstić information content (AvgIpc) is 2.79. The van der Waals surface area contributed by atoms with Crippen molar-refractivity contribution in [2.45, 2.75) is 25.8 Å². The van der Waals surface area contributed by atoms with Gasteiger partial charge in [0, 0.05) is 37.8 Å². The van der Waals surface area contributed by atoms with Crippen LogP contribution in [0.2, 0.25) is 0 Å². The third-order valence-corrected chi connectivity index (χ3v) is 5.41. The Morgan fingerprint density at radius 2 is 1.71 bits per heavy atom. The molecule has 1 heterocycles. The molecule has 0 bridgehead atoms. The third-order valence-electron chi connectivity index (χ3n) is 5.41. The van der Waals surface area contributed by atoms with Crippen molar-refractivity contribution in [1.29, 1.82) is 0 Å². The maximum absolute atomic E-state index is 12.9. The summed E-state index contributed by atoms with van der Waals surface area (Å²) < 4.78 is 23.4. The lowest BCUT2D eigenvalue weighted by atomic mass is 9.93. The van der Waals surface area contributed by atoms with Crippen LogP contribution in [0.5, 0.6) is 11.5 Å². The van der Waals surface area contributed by atoms with E-state index in [1.807, 2.05) is 0 Å². The molecule has 0 aromatic heterocycles. The molecule has 0 saturated carbocycles. The van der Waals surface area contributed by atoms with Crippen molar-refractivity contribution in [1.82, 2.24) is 10.2 Å². The van der Waals surface area contributed by atoms with Gasteiger partial charge in [0.05, 0.1) is 14.2 Å². The summed E-state index contributed by atoms with van der Waals surface area (Å²) in [6.07, 6.45) is 1.96. The second kappa shape index (κ2) is 10.7. The minimum absolute atomic E-state index is 0.0300. The molecule has 2 N–H and O–H groups in total. The number of hydrogen-bond acceptors (Lipinski definition) is 4. The quantitative estimate of drug-likeness (QED) is 0.702. The predicted octanol–water partition coefficient (Wildman–Crippen LogP) is 3.79. The fourth-order valence-electron chi connectivity index (χ4n) is 3.59. The number of carbonyl (C=O) groups excluding carboxylic acids is 2. The molecule has 0 radical (unpaired) electrons. The van der Waals surface area contributed by atoms with Crippen LogP contribution in [0.3, 0.4) is 0 Å². The second-order valence-corrected chi connectivity index (χ2v) is 7.54. The first-order valence-electron chi connectivity index (χ1n) is 10.3. The first kappa shape index (κ1) is 22.4. The van der Waals surface area contributed by atoms with Gasteiger partial charge >= 0.3 is 6.03 Å². The summed E-state index contributed by atoms with van der Waals surface area (Å²) in [6.45, 7) is 1.57. The Kier molecular flexibility index (Phi) is 7.70. The lowest BCUT2D eigenvalue weighted by Crippen LogP contribution is -2.41. The number of carbonyl (C=O) groups is 2. The molecule has 3 rings (SSSR count). The molecule has 0 atom stereocenters. The van der Waals surface area contributed by atoms with E-state index in [4.69, 9.17) is 9.47 Å². The van der Waals surface area contributed by atoms with Crippen LogP contribution in [0.15, 0.2) is 42.5 Å². The lowest BCUT2D eigenvalue weighted by molar-refractivity contribution is -0.122. The number of nitrogens with one attached hydrogen (secondary N) is 2. The Balaban J connectivity index is 1.42. The number of methoxy groups -OCH3 is 2. The number of amides is 3. The highest BCUT2D eigenvalue weighted by atomic mass is 19.1. The smallest absolute Gasteiger partial charge is 0.321 e. The van der Waals surface area contributed by atoms with Gasteiger partial charge in [-0.2, -0.15) is 0 Å². The molecule has 1 aliphatic heterocycles. The first-order chi connectivity index (χ1) is 15.0. The molecule has 31 heavy (non-hydrogen) atoms. The number of likely N-dealkylation sites (tertiary alicyclic amines) is 1. The minimum atomic E-state index is -0.294. The summed E-state index contributed by atoms with van der Waals surface area (Å²) >= 11 is 0. The van der Waals surface area contributed by atoms with Crippen LogP contribution in [-0.2, 0) is 11.3 Å². The van der Waals surface area contributed by atoms with Crippen molar-refractivity contribution in [2.24, 2.45) is 5.92 Å². The predicted molar refractivity (Wildman–Crippen MR) is 116 cm³/mol. The molecule has 0 aliphatic carbocycles. The van der Waals surface area contributed by atoms with Crippen LogP contribution in [0.25, 0.3) is 0 Å². The molecule has 1 fully saturated rings. The molecule has 2 aromatic rings. The number of piperidine rings is 1. The highest BCUT2D eigenvalue weighted by Crippen LogP contribution is 2.30. The number of urea groups is 1. The van der Waals surface area contributed by atoms with E-state index in [-0.39, 0.29) is 23.7 Å². The van der Waals surface area contributed by atoms with Gasteiger partial charge < -0.3 is 25.0 Å². The van der Waals surface area contributed by atoms with E-state index in [2.05, 4.69) is 10.6 Å². The van der Waals surface area contributed by atoms with Gasteiger partial charge in [-0.3, -0.25) is 4.79 Å². The van der Waals surface area contributed by atoms with Crippen LogP contribution in [0.1, 0.15) is 24.8 Å². The van der Waals surface area contributed by atoms with E-state index >= 15 is 0 Å². The van der Waals surface area contributed by atoms with E-state index in [0.717, 1.165) is 18.4 Å². The summed E-state index contributed by atoms with van der Waals surface area (Å²) in [6, 6.07) is 11.1. The first-order valence-corrected chi connectivity index (χ1v) is 10.3. The van der Waals surface area contributed by atoms with Crippen LogP contribution in [-0.4, -0.2) is 44.1 Å². The number of ether oxygens (including phenoxy) is 2. The summed E-state index contributed by atoms with van der Waals surface area (Å²) in [5.41, 5.74) is 1.49. The van der Waals surface area contributed by atoms with Crippen molar-refractivity contribution in [3.63, 3.8) is 0 Å². The largest absolute Gasteiger partial charge is 0.493 e. The van der Waals surface area contributed by atoms with Crippen molar-refractivity contribution in [3.05, 3.63) is 53.8 Å². The Bertz CT molecular complexity index is 896. The van der Waals surface area contributed by atoms with Gasteiger partial charge in [0.15, 0.2) is 11.5 Å². The van der Waals surface area contributed by atoms with Crippen LogP contribution < -0.4 is 20.1 Å². The average molecular weight is 429 g/mol. The van der Waals surface area contributed by atoms with Gasteiger partial charge in [0.25, 0.3) is 0 Å². The van der Waals surface area contributed by atoms with Crippen LogP contribution in [0.4, 0.5) is 14.9 Å². The topological polar surface area (TPSA) is 79.9 Å². The maximum Gasteiger partial charge on any atom is 0.321 e. The zero-order valence-corrected chi connectivity index (χ0v) is 17.8. The van der Waals surface area contributed by atoms with Gasteiger partial charge in [0.1, 0.15) is 5.82 Å². The summed E-state index contributed by atoms with van der Waals surface area (Å²) in [5, 5.41) is 5.76. The van der Waals surface area contributed by atoms with Gasteiger partial charge in [-0.25, -0.2) is 9.18 Å². The highest BCUT2D eigenvalue weighted by molar-refractivity contribution is 5.89. The number of halogens is 1. The molecular formula is C23H28FN3O4. The monoisotopic (exact) mass is 429 g/mol. The van der Waals surface area contributed by atoms with Gasteiger partial charge in [-0.05, 0) is 48.6 Å². The molecule has 2 aromatic carbocycles. The molecule has 1 aliphatic rings. The Hall–Kier alpha value is -3.29. The molecule has 8 heteroatoms. The van der Waals surface area contributed by atoms with Crippen molar-refractivity contribution in [3.8, 4) is 11.5 Å². The zero-order chi connectivity index (χ0) is 22.2. The number of hydrogen-bond donors (Lipinski definition) is 2. The van der Waals surface area contributed by atoms with Crippen molar-refractivity contribution in [2.75, 3.05) is 32.6 Å². The number of benzene rings is 2. The Labute approximate surface area is 181 Å². The normalized spacial score (nSPS) is 14.1. The maximum atomic E-state index is 12.9. The SMILES string of the molecule is COc1ccc(NC(=O)N2CCC(CC(=O)NCc3ccc(F)cc3)CC2)cc1OC. The van der Waals surface area contributed by atoms with Gasteiger partial charge in [-0.1, -0.05) is 12.1 Å². The molecule has 0 unspecified atom stereocenters. The van der Waals surface area contributed by atoms with Gasteiger partial charge in [0.2, 0.25) is 5.91 Å². The van der Waals surface area contributed by atoms with E-state index in [1.165, 1.54) is 12.1 Å². The van der Waals surface area contributed by atoms with Crippen LogP contribution >= 0.6 is 0 Å². The molecule has 166 valence electrons. The summed E-state index contributed by atoms with van der Waals surface area (Å²) in [7, 11) is 3.10. The molecule has 0 spiro atoms. The molecule has 3 amide bonds. The minimum Gasteiger partial charge on any atom is -0.493 e. The zero-order valence-electron chi connectivity index (χ0n) is 17.8. The highest BCUT2D eigenvalue weighted by Gasteiger charge is 2.24. The Morgan fingerprint density at radius 3 is 2.35 bits per heavy atom. The fourth-order valence-corrected chi connectivity index (χ4v) is 3.59. The van der Waals surface area contributed by atoms with E-state index in [0.29, 0.717) is 43.2 Å². The Morgan fingerprint density at radius 1 is 1.03 bits per heavy atom. The van der Waals surface area contributed by atoms with E-state index in [9.17, 15) is 14.0 Å². The molecule has 7 nitrogen and oxygen atoms in total. The fraction of sp³-hybridized carbons (Fsp3) is 0.391. The molecule has 1 saturated heterocycles. The van der Waals surface area contributed by atoms with E-state index in [1.54, 1.807) is 49.5 Å². The molecular weight excluding hydrogens is 401 g/mol. The lowest BCUT2D eigenvalue weighted by Gasteiger charge is -2.31. The van der Waals surface area contributed by atoms with Crippen molar-refractivity contribution < 1.29 is 23.5 Å². The third kappa shape index (κ3) is 6.34. The number of nitrogens with zero attached hydrogens (tertiary/aromatic N) is 1. The number of anilines is 1. The standard InChI is InChI=1S/C23H28FN3O4/c1-30-20-8-7-19(14-21(20)31-2)26-23(29)27-11-9-16(10-12-27)13-22(28)25-15-17-3-5-18(24)6-4-17/h3-8,14,16H,9-13,15H2,1-2H3,(H,25,28)(H,26,29). The number of rotatable bonds is 7. The van der Waals surface area contributed by atoms with Gasteiger partial charge in [-0.15, -0.1) is 0 Å². The van der Waals surface area contributed by atoms with E-state index < -0.39 is 0 Å².